The maximum Gasteiger partial charge on any atom is 0.349 e. The fraction of sp³-hybridized carbons (Fsp3) is 0. The summed E-state index contributed by atoms with van der Waals surface area (Å²) in [4.78, 5) is 24.1. The summed E-state index contributed by atoms with van der Waals surface area (Å²) in [7, 11) is 0. The Morgan fingerprint density at radius 3 is 1.67 bits per heavy atom. The number of hydrogen-bond donors (Lipinski definition) is 0. The van der Waals surface area contributed by atoms with Crippen LogP contribution in [0.1, 0.15) is 26.3 Å². The lowest BCUT2D eigenvalue weighted by Gasteiger charge is -2.12. The molecule has 0 aromatic heterocycles. The predicted molar refractivity (Wildman–Crippen MR) is 99.0 cm³/mol. The van der Waals surface area contributed by atoms with Crippen LogP contribution in [0.15, 0.2) is 43.0 Å². The van der Waals surface area contributed by atoms with Crippen molar-refractivity contribution in [1.82, 2.24) is 0 Å². The Kier molecular flexibility index (Phi) is 6.52. The van der Waals surface area contributed by atoms with Gasteiger partial charge in [0.15, 0.2) is 23.3 Å². The molecule has 0 N–H and O–H groups in total. The fourth-order valence-corrected chi connectivity index (χ4v) is 2.56. The number of rotatable bonds is 5. The Balaban J connectivity index is 1.96. The molecule has 0 aliphatic heterocycles. The zero-order valence-corrected chi connectivity index (χ0v) is 16.0. The molecule has 0 heterocycles. The first-order valence-electron chi connectivity index (χ1n) is 8.72. The van der Waals surface area contributed by atoms with Crippen molar-refractivity contribution in [3.8, 4) is 11.5 Å². The van der Waals surface area contributed by atoms with Crippen molar-refractivity contribution in [2.24, 2.45) is 0 Å². The Bertz CT molecular complexity index is 1230. The van der Waals surface area contributed by atoms with Crippen LogP contribution in [0.5, 0.6) is 11.5 Å². The molecule has 3 rings (SSSR count). The van der Waals surface area contributed by atoms with Crippen LogP contribution in [-0.2, 0) is 0 Å². The van der Waals surface area contributed by atoms with Gasteiger partial charge in [-0.2, -0.15) is 8.78 Å². The first-order chi connectivity index (χ1) is 15.5. The first kappa shape index (κ1) is 23.5. The van der Waals surface area contributed by atoms with Crippen molar-refractivity contribution in [2.75, 3.05) is 0 Å². The van der Waals surface area contributed by atoms with E-state index in [4.69, 9.17) is 0 Å². The van der Waals surface area contributed by atoms with Crippen LogP contribution in [0.3, 0.4) is 0 Å². The van der Waals surface area contributed by atoms with Gasteiger partial charge in [0, 0.05) is 12.1 Å². The third-order valence-corrected chi connectivity index (χ3v) is 4.16. The Morgan fingerprint density at radius 2 is 1.18 bits per heavy atom. The van der Waals surface area contributed by atoms with E-state index in [2.05, 4.69) is 16.1 Å². The molecular formula is C22H9F7O4. The highest BCUT2D eigenvalue weighted by molar-refractivity contribution is 5.93. The zero-order chi connectivity index (χ0) is 24.4. The van der Waals surface area contributed by atoms with E-state index in [9.17, 15) is 40.3 Å². The number of esters is 2. The summed E-state index contributed by atoms with van der Waals surface area (Å²) in [5, 5.41) is 0. The lowest BCUT2D eigenvalue weighted by atomic mass is 10.1. The van der Waals surface area contributed by atoms with Crippen LogP contribution < -0.4 is 9.47 Å². The van der Waals surface area contributed by atoms with Gasteiger partial charge in [-0.3, -0.25) is 0 Å². The lowest BCUT2D eigenvalue weighted by Crippen LogP contribution is -2.19. The molecule has 0 bridgehead atoms. The molecule has 11 heteroatoms. The summed E-state index contributed by atoms with van der Waals surface area (Å²) in [6, 6.07) is 5.32. The molecular weight excluding hydrogens is 461 g/mol. The molecule has 0 spiro atoms. The Labute approximate surface area is 180 Å². The quantitative estimate of drug-likeness (QED) is 0.207. The zero-order valence-electron chi connectivity index (χ0n) is 16.0. The highest BCUT2D eigenvalue weighted by Gasteiger charge is 2.33. The molecule has 3 aromatic carbocycles. The van der Waals surface area contributed by atoms with E-state index in [-0.39, 0.29) is 17.7 Å². The van der Waals surface area contributed by atoms with E-state index >= 15 is 0 Å². The van der Waals surface area contributed by atoms with E-state index < -0.39 is 69.7 Å². The summed E-state index contributed by atoms with van der Waals surface area (Å²) in [6.45, 7) is 3.48. The van der Waals surface area contributed by atoms with Crippen LogP contribution in [0, 0.1) is 40.7 Å². The molecule has 3 aromatic rings. The second-order valence-electron chi connectivity index (χ2n) is 6.26. The molecule has 0 amide bonds. The third kappa shape index (κ3) is 4.56. The van der Waals surface area contributed by atoms with Crippen LogP contribution in [0.2, 0.25) is 0 Å². The van der Waals surface area contributed by atoms with Gasteiger partial charge in [0.05, 0.1) is 5.56 Å². The van der Waals surface area contributed by atoms with Crippen molar-refractivity contribution in [1.29, 1.82) is 0 Å². The topological polar surface area (TPSA) is 52.6 Å². The van der Waals surface area contributed by atoms with Crippen LogP contribution in [0.4, 0.5) is 30.7 Å². The van der Waals surface area contributed by atoms with Gasteiger partial charge in [0.25, 0.3) is 0 Å². The minimum atomic E-state index is -2.37. The van der Waals surface area contributed by atoms with Gasteiger partial charge >= 0.3 is 11.9 Å². The summed E-state index contributed by atoms with van der Waals surface area (Å²) >= 11 is 0. The summed E-state index contributed by atoms with van der Waals surface area (Å²) < 4.78 is 106. The van der Waals surface area contributed by atoms with Crippen LogP contribution in [-0.4, -0.2) is 11.9 Å². The minimum Gasteiger partial charge on any atom is -0.416 e. The number of halogens is 7. The predicted octanol–water partition coefficient (Wildman–Crippen LogP) is 5.74. The Morgan fingerprint density at radius 1 is 0.697 bits per heavy atom. The molecule has 0 aliphatic carbocycles. The molecule has 0 radical (unpaired) electrons. The van der Waals surface area contributed by atoms with Crippen molar-refractivity contribution >= 4 is 18.0 Å². The molecule has 33 heavy (non-hydrogen) atoms. The monoisotopic (exact) mass is 470 g/mol. The van der Waals surface area contributed by atoms with E-state index in [0.717, 1.165) is 0 Å². The molecule has 0 atom stereocenters. The average Bonchev–Trinajstić information content (AvgIpc) is 2.77. The molecule has 4 nitrogen and oxygen atoms in total. The van der Waals surface area contributed by atoms with Gasteiger partial charge in [-0.15, -0.1) is 0 Å². The summed E-state index contributed by atoms with van der Waals surface area (Å²) in [5.41, 5.74) is -1.67. The molecule has 0 saturated heterocycles. The van der Waals surface area contributed by atoms with Crippen molar-refractivity contribution in [3.05, 3.63) is 100 Å². The Hall–Kier alpha value is -4.15. The number of carbonyl (C=O) groups is 2. The standard InChI is InChI=1S/C22H9F7O4/c1-2-9-3-5-10(6-4-9)21(30)33-20-17(28)15(26)14(16(27)18(20)29)22(31)32-19-12(24)7-11(23)8-13(19)25/h2-8H,1H2. The second kappa shape index (κ2) is 9.15. The second-order valence-corrected chi connectivity index (χ2v) is 6.26. The largest absolute Gasteiger partial charge is 0.416 e. The molecule has 0 saturated carbocycles. The number of carbonyl (C=O) groups excluding carboxylic acids is 2. The number of benzene rings is 3. The van der Waals surface area contributed by atoms with Gasteiger partial charge in [-0.25, -0.2) is 31.5 Å². The van der Waals surface area contributed by atoms with E-state index in [1.165, 1.54) is 30.3 Å². The van der Waals surface area contributed by atoms with Crippen LogP contribution in [0.25, 0.3) is 6.08 Å². The third-order valence-electron chi connectivity index (χ3n) is 4.16. The highest BCUT2D eigenvalue weighted by atomic mass is 19.2. The van der Waals surface area contributed by atoms with Crippen LogP contribution >= 0.6 is 0 Å². The van der Waals surface area contributed by atoms with E-state index in [1.807, 2.05) is 0 Å². The summed E-state index contributed by atoms with van der Waals surface area (Å²) in [5.74, 6) is -21.3. The first-order valence-corrected chi connectivity index (χ1v) is 8.72. The summed E-state index contributed by atoms with van der Waals surface area (Å²) in [6.07, 6.45) is 1.43. The van der Waals surface area contributed by atoms with Gasteiger partial charge < -0.3 is 9.47 Å². The van der Waals surface area contributed by atoms with Gasteiger partial charge in [-0.1, -0.05) is 24.8 Å². The SMILES string of the molecule is C=Cc1ccc(C(=O)Oc2c(F)c(F)c(C(=O)Oc3c(F)cc(F)cc3F)c(F)c2F)cc1. The molecule has 0 unspecified atom stereocenters. The van der Waals surface area contributed by atoms with E-state index in [0.29, 0.717) is 5.56 Å². The number of hydrogen-bond acceptors (Lipinski definition) is 4. The van der Waals surface area contributed by atoms with Crippen molar-refractivity contribution < 1.29 is 49.8 Å². The molecule has 170 valence electrons. The number of ether oxygens (including phenoxy) is 2. The van der Waals surface area contributed by atoms with Crippen molar-refractivity contribution in [2.45, 2.75) is 0 Å². The van der Waals surface area contributed by atoms with Gasteiger partial charge in [0.1, 0.15) is 11.4 Å². The average molecular weight is 470 g/mol. The molecule has 0 aliphatic rings. The lowest BCUT2D eigenvalue weighted by molar-refractivity contribution is 0.0703. The highest BCUT2D eigenvalue weighted by Crippen LogP contribution is 2.32. The van der Waals surface area contributed by atoms with E-state index in [1.54, 1.807) is 0 Å². The van der Waals surface area contributed by atoms with Gasteiger partial charge in [0.2, 0.25) is 23.1 Å². The minimum absolute atomic E-state index is 0.0870. The maximum atomic E-state index is 14.3. The molecule has 0 fully saturated rings. The normalized spacial score (nSPS) is 10.6. The smallest absolute Gasteiger partial charge is 0.349 e. The fourth-order valence-electron chi connectivity index (χ4n) is 2.56. The van der Waals surface area contributed by atoms with Crippen molar-refractivity contribution in [3.63, 3.8) is 0 Å². The maximum absolute atomic E-state index is 14.3. The van der Waals surface area contributed by atoms with Gasteiger partial charge in [-0.05, 0) is 17.7 Å².